The second-order valence-electron chi connectivity index (χ2n) is 4.10. The number of aliphatic hydroxyl groups is 1. The monoisotopic (exact) mass is 301 g/mol. The molecule has 1 heterocycles. The van der Waals surface area contributed by atoms with Crippen molar-refractivity contribution in [2.45, 2.75) is 5.60 Å². The van der Waals surface area contributed by atoms with Gasteiger partial charge in [0.05, 0.1) is 4.92 Å². The molecule has 7 heteroatoms. The average Bonchev–Trinajstić information content (AvgIpc) is 2.23. The predicted octanol–water partition coefficient (Wildman–Crippen LogP) is 1.10. The molecule has 0 saturated carbocycles. The van der Waals surface area contributed by atoms with Gasteiger partial charge in [-0.3, -0.25) is 10.1 Å². The van der Waals surface area contributed by atoms with Gasteiger partial charge in [-0.25, -0.2) is 0 Å². The maximum absolute atomic E-state index is 10.8. The SMILES string of the molecule is O=[N+]([O-])c1ccc(Br)cc1NCC1(O)CNC1. The number of nitrogens with one attached hydrogen (secondary N) is 2. The Morgan fingerprint density at radius 3 is 2.82 bits per heavy atom. The van der Waals surface area contributed by atoms with E-state index in [2.05, 4.69) is 26.6 Å². The van der Waals surface area contributed by atoms with E-state index in [1.807, 2.05) is 0 Å². The van der Waals surface area contributed by atoms with E-state index in [9.17, 15) is 15.2 Å². The van der Waals surface area contributed by atoms with E-state index < -0.39 is 10.5 Å². The highest BCUT2D eigenvalue weighted by molar-refractivity contribution is 9.10. The van der Waals surface area contributed by atoms with Gasteiger partial charge in [0.25, 0.3) is 5.69 Å². The molecular formula is C10H12BrN3O3. The molecule has 2 rings (SSSR count). The summed E-state index contributed by atoms with van der Waals surface area (Å²) in [6.07, 6.45) is 0. The van der Waals surface area contributed by atoms with E-state index in [4.69, 9.17) is 0 Å². The van der Waals surface area contributed by atoms with Crippen LogP contribution >= 0.6 is 15.9 Å². The second-order valence-corrected chi connectivity index (χ2v) is 5.02. The summed E-state index contributed by atoms with van der Waals surface area (Å²) in [7, 11) is 0. The molecule has 0 spiro atoms. The van der Waals surface area contributed by atoms with E-state index in [1.165, 1.54) is 6.07 Å². The third-order valence-electron chi connectivity index (χ3n) is 2.67. The summed E-state index contributed by atoms with van der Waals surface area (Å²) in [6, 6.07) is 4.67. The lowest BCUT2D eigenvalue weighted by molar-refractivity contribution is -0.384. The summed E-state index contributed by atoms with van der Waals surface area (Å²) in [5.74, 6) is 0. The Balaban J connectivity index is 2.13. The number of β-amino-alcohol motifs (C(OH)–C–C–N with tert-alkyl or cyclic N) is 1. The van der Waals surface area contributed by atoms with Gasteiger partial charge in [0.15, 0.2) is 0 Å². The second kappa shape index (κ2) is 4.59. The van der Waals surface area contributed by atoms with Crippen molar-refractivity contribution in [2.24, 2.45) is 0 Å². The van der Waals surface area contributed by atoms with Crippen LogP contribution in [-0.4, -0.2) is 35.3 Å². The number of nitro benzene ring substituents is 1. The van der Waals surface area contributed by atoms with Gasteiger partial charge in [0, 0.05) is 30.2 Å². The van der Waals surface area contributed by atoms with Crippen molar-refractivity contribution in [3.05, 3.63) is 32.8 Å². The quantitative estimate of drug-likeness (QED) is 0.573. The fourth-order valence-corrected chi connectivity index (χ4v) is 1.97. The minimum Gasteiger partial charge on any atom is -0.385 e. The molecule has 0 radical (unpaired) electrons. The summed E-state index contributed by atoms with van der Waals surface area (Å²) in [4.78, 5) is 10.4. The van der Waals surface area contributed by atoms with E-state index in [1.54, 1.807) is 12.1 Å². The topological polar surface area (TPSA) is 87.4 Å². The molecular weight excluding hydrogens is 290 g/mol. The first-order valence-corrected chi connectivity index (χ1v) is 5.90. The van der Waals surface area contributed by atoms with Gasteiger partial charge in [-0.2, -0.15) is 0 Å². The number of hydrogen-bond donors (Lipinski definition) is 3. The van der Waals surface area contributed by atoms with Crippen molar-refractivity contribution in [3.8, 4) is 0 Å². The van der Waals surface area contributed by atoms with Crippen LogP contribution in [0, 0.1) is 10.1 Å². The standard InChI is InChI=1S/C10H12BrN3O3/c11-7-1-2-9(14(16)17)8(3-7)13-6-10(15)4-12-5-10/h1-3,12-13,15H,4-6H2. The minimum absolute atomic E-state index is 0.00378. The summed E-state index contributed by atoms with van der Waals surface area (Å²) in [5, 5.41) is 26.5. The zero-order chi connectivity index (χ0) is 12.5. The first-order chi connectivity index (χ1) is 8.00. The van der Waals surface area contributed by atoms with Gasteiger partial charge >= 0.3 is 0 Å². The normalized spacial score (nSPS) is 17.3. The lowest BCUT2D eigenvalue weighted by Gasteiger charge is -2.37. The lowest BCUT2D eigenvalue weighted by Crippen LogP contribution is -2.63. The molecule has 0 unspecified atom stereocenters. The Hall–Kier alpha value is -1.18. The van der Waals surface area contributed by atoms with E-state index in [0.29, 0.717) is 18.8 Å². The molecule has 1 aliphatic rings. The zero-order valence-corrected chi connectivity index (χ0v) is 10.5. The van der Waals surface area contributed by atoms with Crippen molar-refractivity contribution in [1.82, 2.24) is 5.32 Å². The third kappa shape index (κ3) is 2.74. The summed E-state index contributed by atoms with van der Waals surface area (Å²) in [5.41, 5.74) is -0.398. The van der Waals surface area contributed by atoms with Gasteiger partial charge in [0.1, 0.15) is 11.3 Å². The van der Waals surface area contributed by atoms with Crippen molar-refractivity contribution < 1.29 is 10.0 Å². The summed E-state index contributed by atoms with van der Waals surface area (Å²) < 4.78 is 0.754. The molecule has 17 heavy (non-hydrogen) atoms. The molecule has 0 amide bonds. The third-order valence-corrected chi connectivity index (χ3v) is 3.16. The van der Waals surface area contributed by atoms with Crippen LogP contribution in [0.15, 0.2) is 22.7 Å². The minimum atomic E-state index is -0.809. The molecule has 0 bridgehead atoms. The van der Waals surface area contributed by atoms with Crippen LogP contribution in [-0.2, 0) is 0 Å². The lowest BCUT2D eigenvalue weighted by atomic mass is 9.97. The molecule has 0 aliphatic carbocycles. The molecule has 1 saturated heterocycles. The number of hydrogen-bond acceptors (Lipinski definition) is 5. The highest BCUT2D eigenvalue weighted by Gasteiger charge is 2.34. The Morgan fingerprint density at radius 1 is 1.59 bits per heavy atom. The van der Waals surface area contributed by atoms with Crippen LogP contribution < -0.4 is 10.6 Å². The molecule has 0 atom stereocenters. The van der Waals surface area contributed by atoms with Gasteiger partial charge in [-0.15, -0.1) is 0 Å². The molecule has 0 aromatic heterocycles. The fourth-order valence-electron chi connectivity index (χ4n) is 1.61. The molecule has 1 aromatic carbocycles. The number of benzene rings is 1. The smallest absolute Gasteiger partial charge is 0.292 e. The highest BCUT2D eigenvalue weighted by atomic mass is 79.9. The van der Waals surface area contributed by atoms with Crippen LogP contribution in [0.2, 0.25) is 0 Å². The van der Waals surface area contributed by atoms with Crippen LogP contribution in [0.4, 0.5) is 11.4 Å². The summed E-state index contributed by atoms with van der Waals surface area (Å²) in [6.45, 7) is 1.29. The Morgan fingerprint density at radius 2 is 2.29 bits per heavy atom. The summed E-state index contributed by atoms with van der Waals surface area (Å²) >= 11 is 3.26. The predicted molar refractivity (Wildman–Crippen MR) is 67.1 cm³/mol. The van der Waals surface area contributed by atoms with Crippen LogP contribution in [0.1, 0.15) is 0 Å². The first kappa shape index (κ1) is 12.3. The Bertz CT molecular complexity index is 448. The molecule has 3 N–H and O–H groups in total. The van der Waals surface area contributed by atoms with E-state index >= 15 is 0 Å². The first-order valence-electron chi connectivity index (χ1n) is 5.11. The molecule has 92 valence electrons. The van der Waals surface area contributed by atoms with Crippen molar-refractivity contribution in [3.63, 3.8) is 0 Å². The van der Waals surface area contributed by atoms with Crippen molar-refractivity contribution in [1.29, 1.82) is 0 Å². The highest BCUT2D eigenvalue weighted by Crippen LogP contribution is 2.28. The maximum Gasteiger partial charge on any atom is 0.292 e. The molecule has 6 nitrogen and oxygen atoms in total. The number of rotatable bonds is 4. The number of anilines is 1. The molecule has 1 aromatic rings. The van der Waals surface area contributed by atoms with Gasteiger partial charge in [-0.1, -0.05) is 15.9 Å². The van der Waals surface area contributed by atoms with Crippen LogP contribution in [0.25, 0.3) is 0 Å². The van der Waals surface area contributed by atoms with E-state index in [-0.39, 0.29) is 12.2 Å². The number of nitro groups is 1. The van der Waals surface area contributed by atoms with Crippen LogP contribution in [0.5, 0.6) is 0 Å². The van der Waals surface area contributed by atoms with Crippen molar-refractivity contribution >= 4 is 27.3 Å². The van der Waals surface area contributed by atoms with Crippen LogP contribution in [0.3, 0.4) is 0 Å². The largest absolute Gasteiger partial charge is 0.385 e. The molecule has 1 aliphatic heterocycles. The molecule has 1 fully saturated rings. The van der Waals surface area contributed by atoms with E-state index in [0.717, 1.165) is 4.47 Å². The zero-order valence-electron chi connectivity index (χ0n) is 8.94. The average molecular weight is 302 g/mol. The number of halogens is 1. The fraction of sp³-hybridized carbons (Fsp3) is 0.400. The van der Waals surface area contributed by atoms with Crippen molar-refractivity contribution in [2.75, 3.05) is 25.0 Å². The Kier molecular flexibility index (Phi) is 3.32. The Labute approximate surface area is 106 Å². The number of nitrogens with zero attached hydrogens (tertiary/aromatic N) is 1. The van der Waals surface area contributed by atoms with Gasteiger partial charge < -0.3 is 15.7 Å². The van der Waals surface area contributed by atoms with Gasteiger partial charge in [-0.05, 0) is 12.1 Å². The maximum atomic E-state index is 10.8. The van der Waals surface area contributed by atoms with Gasteiger partial charge in [0.2, 0.25) is 0 Å².